The summed E-state index contributed by atoms with van der Waals surface area (Å²) in [6.07, 6.45) is 5.02. The minimum atomic E-state index is 0.0277. The number of likely N-dealkylation sites (N-methyl/N-ethyl adjacent to an activating group) is 1. The molecule has 0 aliphatic carbocycles. The first-order valence-electron chi connectivity index (χ1n) is 12.2. The highest BCUT2D eigenvalue weighted by atomic mass is 32.2. The number of hydrogen-bond acceptors (Lipinski definition) is 3. The molecule has 2 aliphatic rings. The highest BCUT2D eigenvalue weighted by molar-refractivity contribution is 7.99. The Balaban J connectivity index is 1.63. The molecule has 1 fully saturated rings. The first kappa shape index (κ1) is 23.2. The number of hydrogen-bond donors (Lipinski definition) is 1. The molecule has 0 saturated carbocycles. The number of rotatable bonds is 7. The molecule has 32 heavy (non-hydrogen) atoms. The van der Waals surface area contributed by atoms with E-state index >= 15 is 0 Å². The SMILES string of the molecule is CC(C)CCNC(=O)c1ccc2c(c1)N(C(C)C[N+]1(C)CCCCC1)c1ccccc1S2. The van der Waals surface area contributed by atoms with Crippen LogP contribution in [0.3, 0.4) is 0 Å². The molecule has 2 aromatic carbocycles. The number of likely N-dealkylation sites (tertiary alicyclic amines) is 1. The van der Waals surface area contributed by atoms with Gasteiger partial charge in [0.15, 0.2) is 0 Å². The minimum Gasteiger partial charge on any atom is -0.352 e. The first-order chi connectivity index (χ1) is 15.4. The zero-order valence-corrected chi connectivity index (χ0v) is 20.9. The zero-order chi connectivity index (χ0) is 22.7. The van der Waals surface area contributed by atoms with Gasteiger partial charge in [-0.2, -0.15) is 0 Å². The third-order valence-corrected chi connectivity index (χ3v) is 8.00. The van der Waals surface area contributed by atoms with Crippen LogP contribution in [0.15, 0.2) is 52.3 Å². The molecule has 2 aromatic rings. The number of nitrogens with zero attached hydrogens (tertiary/aromatic N) is 2. The molecular formula is C27H38N3OS+. The van der Waals surface area contributed by atoms with Crippen molar-refractivity contribution in [1.82, 2.24) is 5.32 Å². The van der Waals surface area contributed by atoms with Crippen LogP contribution < -0.4 is 10.2 Å². The second-order valence-corrected chi connectivity index (χ2v) is 11.3. The maximum absolute atomic E-state index is 12.9. The highest BCUT2D eigenvalue weighted by Crippen LogP contribution is 2.49. The van der Waals surface area contributed by atoms with E-state index in [9.17, 15) is 4.79 Å². The number of carbonyl (C=O) groups is 1. The van der Waals surface area contributed by atoms with Crippen molar-refractivity contribution in [2.45, 2.75) is 62.3 Å². The van der Waals surface area contributed by atoms with Crippen LogP contribution in [0.1, 0.15) is 56.8 Å². The standard InChI is InChI=1S/C27H37N3OS/c1-20(2)14-15-28-27(31)22-12-13-26-24(18-22)29(23-10-6-7-11-25(23)32-26)21(3)19-30(4)16-8-5-9-17-30/h6-7,10-13,18,20-21H,5,8-9,14-17,19H2,1-4H3/p+1. The van der Waals surface area contributed by atoms with Crippen molar-refractivity contribution >= 4 is 29.0 Å². The van der Waals surface area contributed by atoms with Crippen molar-refractivity contribution < 1.29 is 9.28 Å². The summed E-state index contributed by atoms with van der Waals surface area (Å²) in [5.74, 6) is 0.613. The molecule has 4 rings (SSSR count). The Bertz CT molecular complexity index is 952. The number of benzene rings is 2. The maximum Gasteiger partial charge on any atom is 0.251 e. The average Bonchev–Trinajstić information content (AvgIpc) is 2.76. The van der Waals surface area contributed by atoms with Crippen molar-refractivity contribution in [1.29, 1.82) is 0 Å². The van der Waals surface area contributed by atoms with Crippen molar-refractivity contribution in [3.63, 3.8) is 0 Å². The zero-order valence-electron chi connectivity index (χ0n) is 20.1. The summed E-state index contributed by atoms with van der Waals surface area (Å²) >= 11 is 1.81. The van der Waals surface area contributed by atoms with Gasteiger partial charge < -0.3 is 14.7 Å². The average molecular weight is 453 g/mol. The fraction of sp³-hybridized carbons (Fsp3) is 0.519. The van der Waals surface area contributed by atoms with Gasteiger partial charge in [-0.3, -0.25) is 4.79 Å². The van der Waals surface area contributed by atoms with Crippen LogP contribution >= 0.6 is 11.8 Å². The third kappa shape index (κ3) is 5.15. The van der Waals surface area contributed by atoms with E-state index in [1.165, 1.54) is 53.5 Å². The highest BCUT2D eigenvalue weighted by Gasteiger charge is 2.33. The summed E-state index contributed by atoms with van der Waals surface area (Å²) in [6.45, 7) is 11.1. The molecule has 0 bridgehead atoms. The molecule has 1 saturated heterocycles. The third-order valence-electron chi connectivity index (χ3n) is 6.87. The Labute approximate surface area is 198 Å². The Morgan fingerprint density at radius 1 is 1.03 bits per heavy atom. The van der Waals surface area contributed by atoms with Gasteiger partial charge in [-0.05, 0) is 68.9 Å². The largest absolute Gasteiger partial charge is 0.352 e. The van der Waals surface area contributed by atoms with Crippen molar-refractivity contribution in [3.8, 4) is 0 Å². The monoisotopic (exact) mass is 452 g/mol. The van der Waals surface area contributed by atoms with Crippen molar-refractivity contribution in [3.05, 3.63) is 48.0 Å². The van der Waals surface area contributed by atoms with Gasteiger partial charge in [0.2, 0.25) is 0 Å². The van der Waals surface area contributed by atoms with Gasteiger partial charge in [-0.1, -0.05) is 37.7 Å². The number of quaternary nitrogens is 1. The lowest BCUT2D eigenvalue weighted by Gasteiger charge is -2.44. The Morgan fingerprint density at radius 3 is 2.50 bits per heavy atom. The molecule has 0 aromatic heterocycles. The molecule has 2 aliphatic heterocycles. The minimum absolute atomic E-state index is 0.0277. The Kier molecular flexibility index (Phi) is 7.16. The van der Waals surface area contributed by atoms with E-state index in [0.29, 0.717) is 12.0 Å². The van der Waals surface area contributed by atoms with Crippen LogP contribution in [0.5, 0.6) is 0 Å². The Hall–Kier alpha value is -1.98. The summed E-state index contributed by atoms with van der Waals surface area (Å²) in [6, 6.07) is 15.3. The van der Waals surface area contributed by atoms with Gasteiger partial charge in [0.05, 0.1) is 44.1 Å². The maximum atomic E-state index is 12.9. The normalized spacial score (nSPS) is 18.1. The molecule has 0 radical (unpaired) electrons. The van der Waals surface area contributed by atoms with Gasteiger partial charge >= 0.3 is 0 Å². The second-order valence-electron chi connectivity index (χ2n) is 10.2. The summed E-state index contributed by atoms with van der Waals surface area (Å²) in [5, 5.41) is 3.10. The first-order valence-corrected chi connectivity index (χ1v) is 13.0. The lowest BCUT2D eigenvalue weighted by molar-refractivity contribution is -0.914. The molecule has 1 amide bonds. The number of nitrogens with one attached hydrogen (secondary N) is 1. The van der Waals surface area contributed by atoms with E-state index in [4.69, 9.17) is 0 Å². The molecule has 1 N–H and O–H groups in total. The van der Waals surface area contributed by atoms with E-state index in [1.54, 1.807) is 0 Å². The molecular weight excluding hydrogens is 414 g/mol. The number of para-hydroxylation sites is 1. The van der Waals surface area contributed by atoms with Crippen molar-refractivity contribution in [2.24, 2.45) is 5.92 Å². The number of fused-ring (bicyclic) bond motifs is 2. The summed E-state index contributed by atoms with van der Waals surface area (Å²) < 4.78 is 1.14. The van der Waals surface area contributed by atoms with Crippen LogP contribution in [0.4, 0.5) is 11.4 Å². The number of carbonyl (C=O) groups excluding carboxylic acids is 1. The predicted octanol–water partition coefficient (Wildman–Crippen LogP) is 6.08. The van der Waals surface area contributed by atoms with E-state index < -0.39 is 0 Å². The van der Waals surface area contributed by atoms with Crippen molar-refractivity contribution in [2.75, 3.05) is 38.1 Å². The van der Waals surface area contributed by atoms with Crippen LogP contribution in [0, 0.1) is 5.92 Å². The number of anilines is 2. The van der Waals surface area contributed by atoms with Gasteiger partial charge in [0, 0.05) is 21.9 Å². The van der Waals surface area contributed by atoms with Gasteiger partial charge in [0.25, 0.3) is 5.91 Å². The van der Waals surface area contributed by atoms with Crippen LogP contribution in [-0.4, -0.2) is 49.7 Å². The topological polar surface area (TPSA) is 32.3 Å². The lowest BCUT2D eigenvalue weighted by Crippen LogP contribution is -2.54. The van der Waals surface area contributed by atoms with Gasteiger partial charge in [-0.25, -0.2) is 0 Å². The van der Waals surface area contributed by atoms with Crippen LogP contribution in [0.25, 0.3) is 0 Å². The van der Waals surface area contributed by atoms with E-state index in [1.807, 2.05) is 17.8 Å². The molecule has 1 unspecified atom stereocenters. The van der Waals surface area contributed by atoms with Gasteiger partial charge in [-0.15, -0.1) is 0 Å². The molecule has 4 nitrogen and oxygen atoms in total. The quantitative estimate of drug-likeness (QED) is 0.516. The van der Waals surface area contributed by atoms with E-state index in [-0.39, 0.29) is 5.91 Å². The van der Waals surface area contributed by atoms with Gasteiger partial charge in [0.1, 0.15) is 0 Å². The molecule has 172 valence electrons. The molecule has 1 atom stereocenters. The summed E-state index contributed by atoms with van der Waals surface area (Å²) in [7, 11) is 2.42. The predicted molar refractivity (Wildman–Crippen MR) is 135 cm³/mol. The lowest BCUT2D eigenvalue weighted by atomic mass is 10.1. The molecule has 2 heterocycles. The summed E-state index contributed by atoms with van der Waals surface area (Å²) in [4.78, 5) is 17.9. The molecule has 0 spiro atoms. The van der Waals surface area contributed by atoms with E-state index in [2.05, 4.69) is 74.4 Å². The Morgan fingerprint density at radius 2 is 1.75 bits per heavy atom. The fourth-order valence-electron chi connectivity index (χ4n) is 5.15. The smallest absolute Gasteiger partial charge is 0.251 e. The fourth-order valence-corrected chi connectivity index (χ4v) is 6.21. The second kappa shape index (κ2) is 9.88. The molecule has 5 heteroatoms. The van der Waals surface area contributed by atoms with E-state index in [0.717, 1.165) is 29.6 Å². The number of piperidine rings is 1. The summed E-state index contributed by atoms with van der Waals surface area (Å²) in [5.41, 5.74) is 3.18. The number of amides is 1. The van der Waals surface area contributed by atoms with Crippen LogP contribution in [0.2, 0.25) is 0 Å². The van der Waals surface area contributed by atoms with Crippen LogP contribution in [-0.2, 0) is 0 Å².